The van der Waals surface area contributed by atoms with Gasteiger partial charge in [0.15, 0.2) is 0 Å². The van der Waals surface area contributed by atoms with Crippen molar-refractivity contribution in [3.8, 4) is 5.69 Å². The van der Waals surface area contributed by atoms with Crippen LogP contribution in [0.5, 0.6) is 0 Å². The Morgan fingerprint density at radius 1 is 1.04 bits per heavy atom. The summed E-state index contributed by atoms with van der Waals surface area (Å²) in [5, 5.41) is 12.0. The molecule has 0 spiro atoms. The molecule has 0 radical (unpaired) electrons. The van der Waals surface area contributed by atoms with Gasteiger partial charge in [-0.05, 0) is 39.6 Å². The predicted molar refractivity (Wildman–Crippen MR) is 89.8 cm³/mol. The highest BCUT2D eigenvalue weighted by atomic mass is 32.2. The summed E-state index contributed by atoms with van der Waals surface area (Å²) in [6.45, 7) is 4.29. The van der Waals surface area contributed by atoms with Crippen molar-refractivity contribution >= 4 is 10.8 Å². The first kappa shape index (κ1) is 15.6. The third-order valence-electron chi connectivity index (χ3n) is 3.59. The van der Waals surface area contributed by atoms with E-state index in [4.69, 9.17) is 0 Å². The normalized spacial score (nSPS) is 12.5. The monoisotopic (exact) mass is 326 g/mol. The van der Waals surface area contributed by atoms with Gasteiger partial charge in [-0.15, -0.1) is 0 Å². The van der Waals surface area contributed by atoms with Crippen LogP contribution in [0.3, 0.4) is 0 Å². The number of tetrazole rings is 1. The first-order valence-electron chi connectivity index (χ1n) is 7.46. The maximum atomic E-state index is 12.6. The van der Waals surface area contributed by atoms with Gasteiger partial charge >= 0.3 is 0 Å². The fourth-order valence-corrected chi connectivity index (χ4v) is 3.36. The summed E-state index contributed by atoms with van der Waals surface area (Å²) >= 11 is 0. The van der Waals surface area contributed by atoms with Crippen molar-refractivity contribution in [2.24, 2.45) is 0 Å². The van der Waals surface area contributed by atoms with Crippen LogP contribution in [0.1, 0.15) is 30.9 Å². The van der Waals surface area contributed by atoms with Gasteiger partial charge in [0.2, 0.25) is 5.16 Å². The highest BCUT2D eigenvalue weighted by molar-refractivity contribution is 7.84. The second kappa shape index (κ2) is 6.83. The molecule has 2 aromatic carbocycles. The Balaban J connectivity index is 1.85. The fraction of sp³-hybridized carbons (Fsp3) is 0.235. The van der Waals surface area contributed by atoms with E-state index in [9.17, 15) is 4.21 Å². The molecule has 0 aliphatic carbocycles. The molecule has 3 aromatic rings. The molecule has 0 saturated carbocycles. The van der Waals surface area contributed by atoms with Crippen LogP contribution in [0.15, 0.2) is 59.8 Å². The Labute approximate surface area is 137 Å². The number of rotatable bonds is 5. The predicted octanol–water partition coefficient (Wildman–Crippen LogP) is 3.09. The van der Waals surface area contributed by atoms with Crippen molar-refractivity contribution in [1.82, 2.24) is 20.2 Å². The summed E-state index contributed by atoms with van der Waals surface area (Å²) < 4.78 is 14.1. The number of aromatic nitrogens is 4. The van der Waals surface area contributed by atoms with E-state index in [1.165, 1.54) is 5.56 Å². The Bertz CT molecular complexity index is 797. The molecule has 0 bridgehead atoms. The van der Waals surface area contributed by atoms with E-state index in [2.05, 4.69) is 29.4 Å². The molecular weight excluding hydrogens is 308 g/mol. The van der Waals surface area contributed by atoms with E-state index in [-0.39, 0.29) is 0 Å². The quantitative estimate of drug-likeness (QED) is 0.723. The van der Waals surface area contributed by atoms with Crippen molar-refractivity contribution in [2.75, 3.05) is 0 Å². The molecule has 0 aliphatic heterocycles. The van der Waals surface area contributed by atoms with Gasteiger partial charge in [-0.3, -0.25) is 4.21 Å². The number of benzene rings is 2. The van der Waals surface area contributed by atoms with Crippen LogP contribution in [0.25, 0.3) is 5.69 Å². The Hall–Kier alpha value is -2.34. The summed E-state index contributed by atoms with van der Waals surface area (Å²) in [4.78, 5) is 0. The van der Waals surface area contributed by atoms with E-state index in [1.54, 1.807) is 4.68 Å². The molecule has 23 heavy (non-hydrogen) atoms. The summed E-state index contributed by atoms with van der Waals surface area (Å²) in [7, 11) is -1.30. The molecule has 0 N–H and O–H groups in total. The van der Waals surface area contributed by atoms with Crippen LogP contribution in [0, 0.1) is 0 Å². The van der Waals surface area contributed by atoms with Crippen LogP contribution in [0.4, 0.5) is 0 Å². The van der Waals surface area contributed by atoms with Crippen LogP contribution in [-0.4, -0.2) is 24.4 Å². The molecule has 5 nitrogen and oxygen atoms in total. The topological polar surface area (TPSA) is 60.7 Å². The minimum absolute atomic E-state index is 0.367. The van der Waals surface area contributed by atoms with E-state index in [0.29, 0.717) is 16.8 Å². The minimum Gasteiger partial charge on any atom is -0.251 e. The second-order valence-corrected chi connectivity index (χ2v) is 6.94. The van der Waals surface area contributed by atoms with E-state index >= 15 is 0 Å². The van der Waals surface area contributed by atoms with E-state index < -0.39 is 10.8 Å². The highest BCUT2D eigenvalue weighted by Crippen LogP contribution is 2.18. The molecule has 0 amide bonds. The molecule has 118 valence electrons. The van der Waals surface area contributed by atoms with Crippen LogP contribution in [0.2, 0.25) is 0 Å². The molecule has 3 rings (SSSR count). The SMILES string of the molecule is CC(C)c1ccc(-n2nnnc2S(=O)Cc2ccccc2)cc1. The Kier molecular flexibility index (Phi) is 4.62. The third-order valence-corrected chi connectivity index (χ3v) is 4.85. The lowest BCUT2D eigenvalue weighted by atomic mass is 10.0. The van der Waals surface area contributed by atoms with Gasteiger partial charge in [0, 0.05) is 0 Å². The maximum Gasteiger partial charge on any atom is 0.244 e. The Morgan fingerprint density at radius 3 is 2.39 bits per heavy atom. The lowest BCUT2D eigenvalue weighted by Crippen LogP contribution is -2.07. The van der Waals surface area contributed by atoms with Crippen LogP contribution >= 0.6 is 0 Å². The molecule has 1 atom stereocenters. The molecule has 0 saturated heterocycles. The number of hydrogen-bond acceptors (Lipinski definition) is 4. The second-order valence-electron chi connectivity index (χ2n) is 5.59. The standard InChI is InChI=1S/C17H18N4OS/c1-13(2)15-8-10-16(11-9-15)21-17(18-19-20-21)23(22)12-14-6-4-3-5-7-14/h3-11,13H,12H2,1-2H3. The van der Waals surface area contributed by atoms with Crippen LogP contribution < -0.4 is 0 Å². The molecule has 1 unspecified atom stereocenters. The van der Waals surface area contributed by atoms with Gasteiger partial charge in [-0.1, -0.05) is 61.4 Å². The van der Waals surface area contributed by atoms with Gasteiger partial charge < -0.3 is 0 Å². The minimum atomic E-state index is -1.30. The average molecular weight is 326 g/mol. The summed E-state index contributed by atoms with van der Waals surface area (Å²) in [6, 6.07) is 17.7. The summed E-state index contributed by atoms with van der Waals surface area (Å²) in [5.74, 6) is 0.857. The van der Waals surface area contributed by atoms with Crippen molar-refractivity contribution < 1.29 is 4.21 Å². The first-order valence-corrected chi connectivity index (χ1v) is 8.78. The maximum absolute atomic E-state index is 12.6. The molecule has 1 aromatic heterocycles. The third kappa shape index (κ3) is 3.53. The van der Waals surface area contributed by atoms with Crippen molar-refractivity contribution in [3.05, 3.63) is 65.7 Å². The smallest absolute Gasteiger partial charge is 0.244 e. The summed E-state index contributed by atoms with van der Waals surface area (Å²) in [5.41, 5.74) is 3.06. The van der Waals surface area contributed by atoms with Gasteiger partial charge in [0.1, 0.15) is 0 Å². The van der Waals surface area contributed by atoms with Crippen molar-refractivity contribution in [2.45, 2.75) is 30.7 Å². The largest absolute Gasteiger partial charge is 0.251 e. The van der Waals surface area contributed by atoms with Gasteiger partial charge in [0.05, 0.1) is 22.2 Å². The lowest BCUT2D eigenvalue weighted by molar-refractivity contribution is 0.665. The van der Waals surface area contributed by atoms with Gasteiger partial charge in [-0.25, -0.2) is 0 Å². The molecule has 0 fully saturated rings. The lowest BCUT2D eigenvalue weighted by Gasteiger charge is -2.08. The zero-order valence-corrected chi connectivity index (χ0v) is 13.9. The molecule has 6 heteroatoms. The zero-order valence-electron chi connectivity index (χ0n) is 13.1. The van der Waals surface area contributed by atoms with Gasteiger partial charge in [0.25, 0.3) is 0 Å². The van der Waals surface area contributed by atoms with Gasteiger partial charge in [-0.2, -0.15) is 4.68 Å². The fourth-order valence-electron chi connectivity index (χ4n) is 2.27. The first-order chi connectivity index (χ1) is 11.1. The zero-order chi connectivity index (χ0) is 16.2. The molecule has 1 heterocycles. The summed E-state index contributed by atoms with van der Waals surface area (Å²) in [6.07, 6.45) is 0. The number of hydrogen-bond donors (Lipinski definition) is 0. The van der Waals surface area contributed by atoms with E-state index in [0.717, 1.165) is 11.3 Å². The van der Waals surface area contributed by atoms with E-state index in [1.807, 2.05) is 54.6 Å². The van der Waals surface area contributed by atoms with Crippen LogP contribution in [-0.2, 0) is 16.6 Å². The Morgan fingerprint density at radius 2 is 1.74 bits per heavy atom. The molecule has 0 aliphatic rings. The van der Waals surface area contributed by atoms with Crippen molar-refractivity contribution in [3.63, 3.8) is 0 Å². The highest BCUT2D eigenvalue weighted by Gasteiger charge is 2.16. The average Bonchev–Trinajstić information content (AvgIpc) is 3.05. The molecular formula is C17H18N4OS. The number of nitrogens with zero attached hydrogens (tertiary/aromatic N) is 4. The van der Waals surface area contributed by atoms with Crippen molar-refractivity contribution in [1.29, 1.82) is 0 Å².